The van der Waals surface area contributed by atoms with Crippen molar-refractivity contribution in [3.63, 3.8) is 0 Å². The van der Waals surface area contributed by atoms with Crippen molar-refractivity contribution in [2.75, 3.05) is 18.4 Å². The van der Waals surface area contributed by atoms with Crippen LogP contribution in [0.15, 0.2) is 36.5 Å². The monoisotopic (exact) mass is 335 g/mol. The second-order valence-electron chi connectivity index (χ2n) is 6.58. The normalized spacial score (nSPS) is 16.4. The second-order valence-corrected chi connectivity index (χ2v) is 6.58. The molecule has 3 N–H and O–H groups in total. The molecule has 5 nitrogen and oxygen atoms in total. The van der Waals surface area contributed by atoms with Crippen molar-refractivity contribution >= 4 is 11.5 Å². The lowest BCUT2D eigenvalue weighted by Gasteiger charge is -2.20. The number of rotatable bonds is 1. The topological polar surface area (TPSA) is 65.6 Å². The van der Waals surface area contributed by atoms with Gasteiger partial charge in [-0.25, -0.2) is 14.4 Å². The molecule has 0 aliphatic carbocycles. The molecule has 0 radical (unpaired) electrons. The molecule has 25 heavy (non-hydrogen) atoms. The minimum Gasteiger partial charge on any atom is -0.341 e. The summed E-state index contributed by atoms with van der Waals surface area (Å²) in [5.41, 5.74) is 4.38. The zero-order valence-corrected chi connectivity index (χ0v) is 13.6. The first-order valence-electron chi connectivity index (χ1n) is 8.62. The van der Waals surface area contributed by atoms with Gasteiger partial charge in [0, 0.05) is 23.2 Å². The SMILES string of the molecule is Fc1ccc2c(c1)Nc1ncccc1-c1nc(C3CCNCC3)[nH]c1-2. The van der Waals surface area contributed by atoms with Crippen molar-refractivity contribution in [3.05, 3.63) is 48.2 Å². The molecule has 2 aliphatic heterocycles. The van der Waals surface area contributed by atoms with Crippen LogP contribution >= 0.6 is 0 Å². The minimum atomic E-state index is -0.273. The number of aromatic nitrogens is 3. The number of imidazole rings is 1. The van der Waals surface area contributed by atoms with Crippen LogP contribution < -0.4 is 10.6 Å². The molecule has 2 aromatic heterocycles. The van der Waals surface area contributed by atoms with E-state index in [0.717, 1.165) is 54.3 Å². The van der Waals surface area contributed by atoms with Crippen LogP contribution in [0.5, 0.6) is 0 Å². The van der Waals surface area contributed by atoms with E-state index in [2.05, 4.69) is 20.6 Å². The lowest BCUT2D eigenvalue weighted by Crippen LogP contribution is -2.27. The Kier molecular flexibility index (Phi) is 3.31. The van der Waals surface area contributed by atoms with E-state index in [4.69, 9.17) is 4.98 Å². The highest BCUT2D eigenvalue weighted by molar-refractivity contribution is 5.94. The fourth-order valence-electron chi connectivity index (χ4n) is 3.73. The predicted molar refractivity (Wildman–Crippen MR) is 95.3 cm³/mol. The Bertz CT molecular complexity index is 943. The summed E-state index contributed by atoms with van der Waals surface area (Å²) in [4.78, 5) is 12.9. The van der Waals surface area contributed by atoms with Gasteiger partial charge >= 0.3 is 0 Å². The zero-order valence-electron chi connectivity index (χ0n) is 13.6. The molecule has 5 rings (SSSR count). The number of H-pyrrole nitrogens is 1. The maximum absolute atomic E-state index is 13.8. The number of aromatic amines is 1. The lowest BCUT2D eigenvalue weighted by molar-refractivity contribution is 0.447. The molecule has 4 heterocycles. The largest absolute Gasteiger partial charge is 0.341 e. The van der Waals surface area contributed by atoms with Gasteiger partial charge in [0.05, 0.1) is 11.4 Å². The van der Waals surface area contributed by atoms with E-state index in [1.807, 2.05) is 12.1 Å². The van der Waals surface area contributed by atoms with Gasteiger partial charge in [0.2, 0.25) is 0 Å². The lowest BCUT2D eigenvalue weighted by atomic mass is 9.97. The Morgan fingerprint density at radius 1 is 1.08 bits per heavy atom. The molecule has 1 fully saturated rings. The Balaban J connectivity index is 1.72. The molecular weight excluding hydrogens is 317 g/mol. The first kappa shape index (κ1) is 14.6. The number of pyridine rings is 1. The van der Waals surface area contributed by atoms with Gasteiger partial charge in [0.25, 0.3) is 0 Å². The van der Waals surface area contributed by atoms with Gasteiger partial charge < -0.3 is 15.6 Å². The number of fused-ring (bicyclic) bond motifs is 5. The van der Waals surface area contributed by atoms with E-state index in [0.29, 0.717) is 17.4 Å². The number of hydrogen-bond acceptors (Lipinski definition) is 4. The fourth-order valence-corrected chi connectivity index (χ4v) is 3.73. The highest BCUT2D eigenvalue weighted by Gasteiger charge is 2.26. The molecule has 126 valence electrons. The van der Waals surface area contributed by atoms with Crippen molar-refractivity contribution in [1.29, 1.82) is 0 Å². The van der Waals surface area contributed by atoms with Crippen LogP contribution in [-0.4, -0.2) is 28.0 Å². The molecule has 6 heteroatoms. The number of nitrogens with zero attached hydrogens (tertiary/aromatic N) is 2. The van der Waals surface area contributed by atoms with E-state index in [1.165, 1.54) is 12.1 Å². The molecule has 1 aromatic carbocycles. The van der Waals surface area contributed by atoms with Crippen LogP contribution in [0.25, 0.3) is 22.5 Å². The van der Waals surface area contributed by atoms with Crippen molar-refractivity contribution in [2.24, 2.45) is 0 Å². The summed E-state index contributed by atoms with van der Waals surface area (Å²) >= 11 is 0. The molecule has 0 amide bonds. The van der Waals surface area contributed by atoms with Crippen LogP contribution in [0.3, 0.4) is 0 Å². The Hall–Kier alpha value is -2.73. The standard InChI is InChI=1S/C19H18FN5/c20-12-3-4-13-15(10-12)23-19-14(2-1-7-22-19)17-16(13)24-18(25-17)11-5-8-21-9-6-11/h1-4,7,10-11,21H,5-6,8-9H2,(H,22,23)(H,24,25). The van der Waals surface area contributed by atoms with E-state index in [-0.39, 0.29) is 5.82 Å². The third-order valence-electron chi connectivity index (χ3n) is 5.01. The summed E-state index contributed by atoms with van der Waals surface area (Å²) in [6, 6.07) is 8.70. The average molecular weight is 335 g/mol. The Morgan fingerprint density at radius 3 is 2.84 bits per heavy atom. The van der Waals surface area contributed by atoms with Gasteiger partial charge in [-0.2, -0.15) is 0 Å². The summed E-state index contributed by atoms with van der Waals surface area (Å²) < 4.78 is 13.8. The maximum atomic E-state index is 13.8. The summed E-state index contributed by atoms with van der Waals surface area (Å²) in [7, 11) is 0. The fraction of sp³-hybridized carbons (Fsp3) is 0.263. The molecule has 2 aliphatic rings. The van der Waals surface area contributed by atoms with Gasteiger partial charge in [0.1, 0.15) is 23.2 Å². The van der Waals surface area contributed by atoms with Crippen molar-refractivity contribution in [2.45, 2.75) is 18.8 Å². The number of benzene rings is 1. The highest BCUT2D eigenvalue weighted by Crippen LogP contribution is 2.43. The van der Waals surface area contributed by atoms with Crippen LogP contribution in [0.1, 0.15) is 24.6 Å². The van der Waals surface area contributed by atoms with Crippen LogP contribution in [0.2, 0.25) is 0 Å². The smallest absolute Gasteiger partial charge is 0.139 e. The van der Waals surface area contributed by atoms with Gasteiger partial charge in [-0.15, -0.1) is 0 Å². The molecular formula is C19H18FN5. The average Bonchev–Trinajstić information content (AvgIpc) is 3.03. The molecule has 3 aromatic rings. The number of anilines is 2. The summed E-state index contributed by atoms with van der Waals surface area (Å²) in [5.74, 6) is 1.87. The van der Waals surface area contributed by atoms with Gasteiger partial charge in [-0.1, -0.05) is 0 Å². The number of halogens is 1. The number of hydrogen-bond donors (Lipinski definition) is 3. The molecule has 0 saturated carbocycles. The highest BCUT2D eigenvalue weighted by atomic mass is 19.1. The van der Waals surface area contributed by atoms with Crippen LogP contribution in [0.4, 0.5) is 15.9 Å². The quantitative estimate of drug-likeness (QED) is 0.495. The van der Waals surface area contributed by atoms with E-state index in [9.17, 15) is 4.39 Å². The maximum Gasteiger partial charge on any atom is 0.139 e. The van der Waals surface area contributed by atoms with Crippen molar-refractivity contribution in [3.8, 4) is 22.5 Å². The minimum absolute atomic E-state index is 0.273. The first-order chi connectivity index (χ1) is 12.3. The summed E-state index contributed by atoms with van der Waals surface area (Å²) in [6.07, 6.45) is 3.87. The Morgan fingerprint density at radius 2 is 1.96 bits per heavy atom. The van der Waals surface area contributed by atoms with Gasteiger partial charge in [-0.05, 0) is 56.3 Å². The second kappa shape index (κ2) is 5.67. The number of nitrogens with one attached hydrogen (secondary N) is 3. The van der Waals surface area contributed by atoms with E-state index < -0.39 is 0 Å². The third kappa shape index (κ3) is 2.41. The molecule has 1 saturated heterocycles. The van der Waals surface area contributed by atoms with Crippen LogP contribution in [0, 0.1) is 5.82 Å². The zero-order chi connectivity index (χ0) is 16.8. The van der Waals surface area contributed by atoms with Crippen molar-refractivity contribution < 1.29 is 4.39 Å². The van der Waals surface area contributed by atoms with Gasteiger partial charge in [-0.3, -0.25) is 0 Å². The van der Waals surface area contributed by atoms with Gasteiger partial charge in [0.15, 0.2) is 0 Å². The molecule has 0 bridgehead atoms. The van der Waals surface area contributed by atoms with E-state index in [1.54, 1.807) is 12.3 Å². The van der Waals surface area contributed by atoms with Crippen LogP contribution in [-0.2, 0) is 0 Å². The summed E-state index contributed by atoms with van der Waals surface area (Å²) in [5, 5.41) is 6.65. The summed E-state index contributed by atoms with van der Waals surface area (Å²) in [6.45, 7) is 2.02. The Labute approximate surface area is 144 Å². The molecule has 0 unspecified atom stereocenters. The first-order valence-corrected chi connectivity index (χ1v) is 8.62. The molecule has 0 atom stereocenters. The van der Waals surface area contributed by atoms with E-state index >= 15 is 0 Å². The number of piperidine rings is 1. The van der Waals surface area contributed by atoms with Crippen molar-refractivity contribution in [1.82, 2.24) is 20.3 Å². The third-order valence-corrected chi connectivity index (χ3v) is 5.01. The predicted octanol–water partition coefficient (Wildman–Crippen LogP) is 3.80. The molecule has 0 spiro atoms.